The van der Waals surface area contributed by atoms with Crippen molar-refractivity contribution in [3.8, 4) is 0 Å². The van der Waals surface area contributed by atoms with Crippen LogP contribution in [0.2, 0.25) is 5.28 Å². The molecule has 0 aliphatic carbocycles. The number of aryl methyl sites for hydroxylation is 1. The van der Waals surface area contributed by atoms with E-state index >= 15 is 0 Å². The van der Waals surface area contributed by atoms with Crippen molar-refractivity contribution < 1.29 is 0 Å². The maximum Gasteiger partial charge on any atom is 0.225 e. The minimum atomic E-state index is 0.256. The monoisotopic (exact) mass is 448 g/mol. The van der Waals surface area contributed by atoms with Crippen molar-refractivity contribution in [2.75, 3.05) is 31.1 Å². The van der Waals surface area contributed by atoms with Gasteiger partial charge in [0.25, 0.3) is 0 Å². The predicted molar refractivity (Wildman–Crippen MR) is 130 cm³/mol. The molecule has 3 heterocycles. The molecule has 1 aliphatic heterocycles. The highest BCUT2D eigenvalue weighted by atomic mass is 35.5. The Labute approximate surface area is 192 Å². The van der Waals surface area contributed by atoms with E-state index in [-0.39, 0.29) is 6.04 Å². The summed E-state index contributed by atoms with van der Waals surface area (Å²) < 4.78 is 0. The van der Waals surface area contributed by atoms with E-state index in [4.69, 9.17) is 11.6 Å². The Balaban J connectivity index is 1.42. The lowest BCUT2D eigenvalue weighted by atomic mass is 9.96. The number of halogens is 1. The summed E-state index contributed by atoms with van der Waals surface area (Å²) in [6, 6.07) is 24.1. The lowest BCUT2D eigenvalue weighted by molar-refractivity contribution is 0.212. The van der Waals surface area contributed by atoms with E-state index in [2.05, 4.69) is 93.4 Å². The van der Waals surface area contributed by atoms with Gasteiger partial charge in [-0.2, -0.15) is 4.98 Å². The summed E-state index contributed by atoms with van der Waals surface area (Å²) in [6.45, 7) is 5.92. The van der Waals surface area contributed by atoms with Crippen molar-refractivity contribution in [2.45, 2.75) is 19.4 Å². The van der Waals surface area contributed by atoms with Gasteiger partial charge in [0.05, 0.1) is 11.4 Å². The van der Waals surface area contributed by atoms with Crippen molar-refractivity contribution in [1.82, 2.24) is 14.9 Å². The molecule has 0 spiro atoms. The molecule has 0 N–H and O–H groups in total. The molecule has 0 bridgehead atoms. The van der Waals surface area contributed by atoms with E-state index < -0.39 is 0 Å². The molecule has 0 amide bonds. The average Bonchev–Trinajstić information content (AvgIpc) is 3.24. The number of piperazine rings is 1. The molecule has 31 heavy (non-hydrogen) atoms. The van der Waals surface area contributed by atoms with Crippen LogP contribution < -0.4 is 4.90 Å². The standard InChI is InChI=1S/C25H25ClN4S/c1-2-20-17-21-23(27-25(26)28-24(21)31-20)30-15-13-29(14-16-30)22(18-9-5-3-6-10-18)19-11-7-4-8-12-19/h3-12,17,22H,2,13-16H2,1H3. The Hall–Kier alpha value is -2.47. The fraction of sp³-hybridized carbons (Fsp3) is 0.280. The molecule has 1 saturated heterocycles. The average molecular weight is 449 g/mol. The van der Waals surface area contributed by atoms with Gasteiger partial charge in [-0.1, -0.05) is 67.6 Å². The second kappa shape index (κ2) is 8.95. The first-order valence-corrected chi connectivity index (χ1v) is 12.0. The van der Waals surface area contributed by atoms with Crippen LogP contribution in [0, 0.1) is 0 Å². The van der Waals surface area contributed by atoms with Crippen molar-refractivity contribution >= 4 is 39.0 Å². The maximum absolute atomic E-state index is 6.28. The van der Waals surface area contributed by atoms with Gasteiger partial charge < -0.3 is 4.90 Å². The van der Waals surface area contributed by atoms with E-state index in [1.807, 2.05) is 0 Å². The van der Waals surface area contributed by atoms with Gasteiger partial charge in [0.2, 0.25) is 5.28 Å². The summed E-state index contributed by atoms with van der Waals surface area (Å²) in [5.41, 5.74) is 2.67. The minimum Gasteiger partial charge on any atom is -0.353 e. The van der Waals surface area contributed by atoms with Crippen molar-refractivity contribution in [3.05, 3.63) is 88.0 Å². The van der Waals surface area contributed by atoms with Crippen LogP contribution in [-0.4, -0.2) is 41.0 Å². The van der Waals surface area contributed by atoms with E-state index in [0.29, 0.717) is 5.28 Å². The third-order valence-corrected chi connectivity index (χ3v) is 7.30. The Morgan fingerprint density at radius 1 is 0.903 bits per heavy atom. The molecule has 0 saturated carbocycles. The van der Waals surface area contributed by atoms with Gasteiger partial charge in [-0.15, -0.1) is 11.3 Å². The topological polar surface area (TPSA) is 32.3 Å². The van der Waals surface area contributed by atoms with E-state index in [1.54, 1.807) is 11.3 Å². The van der Waals surface area contributed by atoms with Crippen LogP contribution in [0.4, 0.5) is 5.82 Å². The van der Waals surface area contributed by atoms with Gasteiger partial charge in [-0.3, -0.25) is 4.90 Å². The summed E-state index contributed by atoms with van der Waals surface area (Å²) in [6.07, 6.45) is 1.00. The first-order chi connectivity index (χ1) is 15.2. The summed E-state index contributed by atoms with van der Waals surface area (Å²) >= 11 is 8.00. The van der Waals surface area contributed by atoms with Crippen LogP contribution >= 0.6 is 22.9 Å². The number of rotatable bonds is 5. The zero-order valence-corrected chi connectivity index (χ0v) is 19.1. The number of fused-ring (bicyclic) bond motifs is 1. The van der Waals surface area contributed by atoms with Crippen LogP contribution in [0.15, 0.2) is 66.7 Å². The molecule has 6 heteroatoms. The summed E-state index contributed by atoms with van der Waals surface area (Å²) in [5, 5.41) is 1.46. The number of anilines is 1. The van der Waals surface area contributed by atoms with Crippen LogP contribution in [0.1, 0.15) is 29.0 Å². The third kappa shape index (κ3) is 4.18. The highest BCUT2D eigenvalue weighted by Crippen LogP contribution is 2.34. The molecular formula is C25H25ClN4S. The summed E-state index contributed by atoms with van der Waals surface area (Å²) in [7, 11) is 0. The van der Waals surface area contributed by atoms with Gasteiger partial charge in [0.1, 0.15) is 10.6 Å². The Kier molecular flexibility index (Phi) is 5.90. The molecule has 158 valence electrons. The fourth-order valence-electron chi connectivity index (χ4n) is 4.42. The molecule has 5 rings (SSSR count). The second-order valence-corrected chi connectivity index (χ2v) is 9.30. The lowest BCUT2D eigenvalue weighted by Gasteiger charge is -2.40. The van der Waals surface area contributed by atoms with E-state index in [9.17, 15) is 0 Å². The van der Waals surface area contributed by atoms with Gasteiger partial charge in [0, 0.05) is 31.1 Å². The Morgan fingerprint density at radius 2 is 1.52 bits per heavy atom. The van der Waals surface area contributed by atoms with Gasteiger partial charge in [-0.05, 0) is 35.2 Å². The first-order valence-electron chi connectivity index (χ1n) is 10.8. The highest BCUT2D eigenvalue weighted by molar-refractivity contribution is 7.18. The molecule has 4 nitrogen and oxygen atoms in total. The molecule has 2 aromatic heterocycles. The Morgan fingerprint density at radius 3 is 2.10 bits per heavy atom. The first kappa shape index (κ1) is 20.4. The number of hydrogen-bond donors (Lipinski definition) is 0. The maximum atomic E-state index is 6.28. The van der Waals surface area contributed by atoms with Crippen molar-refractivity contribution in [1.29, 1.82) is 0 Å². The van der Waals surface area contributed by atoms with Crippen LogP contribution in [0.3, 0.4) is 0 Å². The van der Waals surface area contributed by atoms with Crippen molar-refractivity contribution in [2.24, 2.45) is 0 Å². The van der Waals surface area contributed by atoms with Crippen LogP contribution in [0.5, 0.6) is 0 Å². The van der Waals surface area contributed by atoms with Crippen LogP contribution in [0.25, 0.3) is 10.2 Å². The molecule has 0 unspecified atom stereocenters. The molecule has 4 aromatic rings. The third-order valence-electron chi connectivity index (χ3n) is 5.95. The molecular weight excluding hydrogens is 424 g/mol. The van der Waals surface area contributed by atoms with Crippen molar-refractivity contribution in [3.63, 3.8) is 0 Å². The summed E-state index contributed by atoms with van der Waals surface area (Å²) in [4.78, 5) is 16.3. The van der Waals surface area contributed by atoms with E-state index in [1.165, 1.54) is 16.0 Å². The predicted octanol–water partition coefficient (Wildman–Crippen LogP) is 5.82. The summed E-state index contributed by atoms with van der Waals surface area (Å²) in [5.74, 6) is 0.974. The van der Waals surface area contributed by atoms with Gasteiger partial charge in [-0.25, -0.2) is 4.98 Å². The highest BCUT2D eigenvalue weighted by Gasteiger charge is 2.28. The second-order valence-electron chi connectivity index (χ2n) is 7.85. The van der Waals surface area contributed by atoms with E-state index in [0.717, 1.165) is 48.6 Å². The molecule has 1 fully saturated rings. The quantitative estimate of drug-likeness (QED) is 0.360. The smallest absolute Gasteiger partial charge is 0.225 e. The molecule has 0 atom stereocenters. The molecule has 2 aromatic carbocycles. The van der Waals surface area contributed by atoms with Gasteiger partial charge in [0.15, 0.2) is 0 Å². The molecule has 0 radical (unpaired) electrons. The number of benzene rings is 2. The minimum absolute atomic E-state index is 0.256. The largest absolute Gasteiger partial charge is 0.353 e. The SMILES string of the molecule is CCc1cc2c(N3CCN(C(c4ccccc4)c4ccccc4)CC3)nc(Cl)nc2s1. The lowest BCUT2D eigenvalue weighted by Crippen LogP contribution is -2.48. The number of nitrogens with zero attached hydrogens (tertiary/aromatic N) is 4. The number of thiophene rings is 1. The number of aromatic nitrogens is 2. The number of hydrogen-bond acceptors (Lipinski definition) is 5. The van der Waals surface area contributed by atoms with Crippen LogP contribution in [-0.2, 0) is 6.42 Å². The zero-order valence-electron chi connectivity index (χ0n) is 17.5. The fourth-order valence-corrected chi connectivity index (χ4v) is 5.60. The zero-order chi connectivity index (χ0) is 21.2. The van der Waals surface area contributed by atoms with Gasteiger partial charge >= 0.3 is 0 Å². The Bertz CT molecular complexity index is 1110. The normalized spacial score (nSPS) is 15.1. The molecule has 1 aliphatic rings.